The highest BCUT2D eigenvalue weighted by Gasteiger charge is 2.42. The monoisotopic (exact) mass is 278 g/mol. The van der Waals surface area contributed by atoms with Gasteiger partial charge in [-0.3, -0.25) is 4.98 Å². The maximum atomic E-state index is 12.7. The van der Waals surface area contributed by atoms with E-state index >= 15 is 0 Å². The van der Waals surface area contributed by atoms with Crippen LogP contribution in [0.15, 0.2) is 18.5 Å². The van der Waals surface area contributed by atoms with Gasteiger partial charge in [-0.15, -0.1) is 11.6 Å². The van der Waals surface area contributed by atoms with Gasteiger partial charge >= 0.3 is 6.18 Å². The van der Waals surface area contributed by atoms with E-state index in [4.69, 9.17) is 11.6 Å². The first kappa shape index (κ1) is 13.5. The van der Waals surface area contributed by atoms with Crippen molar-refractivity contribution in [1.29, 1.82) is 0 Å². The van der Waals surface area contributed by atoms with Crippen molar-refractivity contribution in [1.82, 2.24) is 4.98 Å². The van der Waals surface area contributed by atoms with Gasteiger partial charge in [0.15, 0.2) is 0 Å². The average Bonchev–Trinajstić information content (AvgIpc) is 2.38. The molecule has 1 fully saturated rings. The Morgan fingerprint density at radius 2 is 2.22 bits per heavy atom. The second-order valence-electron chi connectivity index (χ2n) is 4.46. The predicted octanol–water partition coefficient (Wildman–Crippen LogP) is 3.60. The van der Waals surface area contributed by atoms with E-state index in [1.54, 1.807) is 23.4 Å². The zero-order chi connectivity index (χ0) is 13.2. The van der Waals surface area contributed by atoms with Gasteiger partial charge in [0.25, 0.3) is 0 Å². The Bertz CT molecular complexity index is 409. The summed E-state index contributed by atoms with van der Waals surface area (Å²) in [5.74, 6) is -0.987. The van der Waals surface area contributed by atoms with Crippen molar-refractivity contribution in [3.63, 3.8) is 0 Å². The molecule has 1 aliphatic heterocycles. The Hall–Kier alpha value is -0.970. The smallest absolute Gasteiger partial charge is 0.371 e. The van der Waals surface area contributed by atoms with Crippen LogP contribution in [0.3, 0.4) is 0 Å². The summed E-state index contributed by atoms with van der Waals surface area (Å²) in [4.78, 5) is 5.71. The third-order valence-electron chi connectivity index (χ3n) is 3.25. The quantitative estimate of drug-likeness (QED) is 0.769. The molecule has 2 heterocycles. The van der Waals surface area contributed by atoms with Gasteiger partial charge in [0.2, 0.25) is 0 Å². The van der Waals surface area contributed by atoms with Crippen molar-refractivity contribution in [2.75, 3.05) is 18.0 Å². The van der Waals surface area contributed by atoms with E-state index in [1.807, 2.05) is 0 Å². The minimum atomic E-state index is -4.12. The van der Waals surface area contributed by atoms with Crippen LogP contribution in [0.4, 0.5) is 18.9 Å². The third kappa shape index (κ3) is 2.88. The Morgan fingerprint density at radius 1 is 1.44 bits per heavy atom. The van der Waals surface area contributed by atoms with Gasteiger partial charge in [0.05, 0.1) is 11.8 Å². The molecule has 1 atom stereocenters. The van der Waals surface area contributed by atoms with Gasteiger partial charge in [-0.25, -0.2) is 0 Å². The summed E-state index contributed by atoms with van der Waals surface area (Å²) in [5, 5.41) is 0. The molecule has 1 saturated heterocycles. The lowest BCUT2D eigenvalue weighted by molar-refractivity contribution is -0.176. The zero-order valence-electron chi connectivity index (χ0n) is 9.75. The molecular formula is C12H14ClF3N2. The number of hydrogen-bond acceptors (Lipinski definition) is 2. The molecule has 2 rings (SSSR count). The third-order valence-corrected chi connectivity index (χ3v) is 3.53. The highest BCUT2D eigenvalue weighted by molar-refractivity contribution is 6.17. The number of hydrogen-bond donors (Lipinski definition) is 0. The second kappa shape index (κ2) is 5.34. The molecule has 0 aliphatic carbocycles. The van der Waals surface area contributed by atoms with Crippen LogP contribution in [-0.2, 0) is 5.88 Å². The van der Waals surface area contributed by atoms with E-state index in [9.17, 15) is 13.2 Å². The molecule has 6 heteroatoms. The fourth-order valence-electron chi connectivity index (χ4n) is 2.29. The van der Waals surface area contributed by atoms with Crippen LogP contribution < -0.4 is 4.90 Å². The molecule has 0 aromatic carbocycles. The van der Waals surface area contributed by atoms with Crippen molar-refractivity contribution in [2.45, 2.75) is 24.9 Å². The highest BCUT2D eigenvalue weighted by Crippen LogP contribution is 2.35. The molecule has 0 amide bonds. The summed E-state index contributed by atoms with van der Waals surface area (Å²) < 4.78 is 38.2. The van der Waals surface area contributed by atoms with Crippen molar-refractivity contribution >= 4 is 17.3 Å². The lowest BCUT2D eigenvalue weighted by Gasteiger charge is -2.36. The summed E-state index contributed by atoms with van der Waals surface area (Å²) >= 11 is 5.79. The van der Waals surface area contributed by atoms with Gasteiger partial charge < -0.3 is 4.90 Å². The van der Waals surface area contributed by atoms with Gasteiger partial charge in [-0.1, -0.05) is 0 Å². The minimum Gasteiger partial charge on any atom is -0.371 e. The Morgan fingerprint density at radius 3 is 2.89 bits per heavy atom. The summed E-state index contributed by atoms with van der Waals surface area (Å²) in [6.45, 7) is 0.651. The number of piperidine rings is 1. The molecule has 2 nitrogen and oxygen atoms in total. The normalized spacial score (nSPS) is 21.1. The maximum absolute atomic E-state index is 12.7. The van der Waals surface area contributed by atoms with Crippen LogP contribution in [0, 0.1) is 5.92 Å². The number of rotatable bonds is 2. The zero-order valence-corrected chi connectivity index (χ0v) is 10.5. The second-order valence-corrected chi connectivity index (χ2v) is 4.73. The fraction of sp³-hybridized carbons (Fsp3) is 0.583. The standard InChI is InChI=1S/C12H14ClF3N2/c13-6-9-7-17-4-3-11(9)18-5-1-2-10(8-18)12(14,15)16/h3-4,7,10H,1-2,5-6,8H2. The summed E-state index contributed by atoms with van der Waals surface area (Å²) in [6, 6.07) is 1.73. The molecule has 0 radical (unpaired) electrons. The molecule has 0 spiro atoms. The average molecular weight is 279 g/mol. The predicted molar refractivity (Wildman–Crippen MR) is 64.8 cm³/mol. The van der Waals surface area contributed by atoms with E-state index in [-0.39, 0.29) is 18.8 Å². The Labute approximate surface area is 109 Å². The van der Waals surface area contributed by atoms with E-state index in [1.165, 1.54) is 0 Å². The largest absolute Gasteiger partial charge is 0.393 e. The fourth-order valence-corrected chi connectivity index (χ4v) is 2.50. The maximum Gasteiger partial charge on any atom is 0.393 e. The minimum absolute atomic E-state index is 0.0113. The topological polar surface area (TPSA) is 16.1 Å². The molecule has 0 N–H and O–H groups in total. The van der Waals surface area contributed by atoms with Crippen molar-refractivity contribution in [2.24, 2.45) is 5.92 Å². The number of aromatic nitrogens is 1. The van der Waals surface area contributed by atoms with Gasteiger partial charge in [-0.2, -0.15) is 13.2 Å². The van der Waals surface area contributed by atoms with Crippen LogP contribution in [0.2, 0.25) is 0 Å². The summed E-state index contributed by atoms with van der Waals surface area (Å²) in [6.07, 6.45) is -0.162. The molecule has 1 aromatic rings. The van der Waals surface area contributed by atoms with Gasteiger partial charge in [0, 0.05) is 36.7 Å². The van der Waals surface area contributed by atoms with E-state index in [0.717, 1.165) is 11.3 Å². The molecule has 100 valence electrons. The lowest BCUT2D eigenvalue weighted by Crippen LogP contribution is -2.42. The summed E-state index contributed by atoms with van der Waals surface area (Å²) in [7, 11) is 0. The Balaban J connectivity index is 2.18. The van der Waals surface area contributed by atoms with E-state index in [0.29, 0.717) is 13.0 Å². The lowest BCUT2D eigenvalue weighted by atomic mass is 9.96. The Kier molecular flexibility index (Phi) is 4.00. The number of halogens is 4. The molecule has 0 bridgehead atoms. The first-order chi connectivity index (χ1) is 8.52. The molecule has 1 aliphatic rings. The molecular weight excluding hydrogens is 265 g/mol. The van der Waals surface area contributed by atoms with Gasteiger partial charge in [-0.05, 0) is 18.9 Å². The van der Waals surface area contributed by atoms with E-state index < -0.39 is 12.1 Å². The summed E-state index contributed by atoms with van der Waals surface area (Å²) in [5.41, 5.74) is 1.55. The van der Waals surface area contributed by atoms with Gasteiger partial charge in [0.1, 0.15) is 0 Å². The van der Waals surface area contributed by atoms with Crippen LogP contribution >= 0.6 is 11.6 Å². The van der Waals surface area contributed by atoms with Crippen LogP contribution in [0.25, 0.3) is 0 Å². The van der Waals surface area contributed by atoms with Crippen molar-refractivity contribution in [3.05, 3.63) is 24.0 Å². The van der Waals surface area contributed by atoms with Crippen LogP contribution in [0.1, 0.15) is 18.4 Å². The molecule has 18 heavy (non-hydrogen) atoms. The first-order valence-corrected chi connectivity index (χ1v) is 6.36. The first-order valence-electron chi connectivity index (χ1n) is 5.83. The SMILES string of the molecule is FC(F)(F)C1CCCN(c2ccncc2CCl)C1. The number of pyridine rings is 1. The molecule has 0 saturated carbocycles. The van der Waals surface area contributed by atoms with E-state index in [2.05, 4.69) is 4.98 Å². The van der Waals surface area contributed by atoms with Crippen molar-refractivity contribution in [3.8, 4) is 0 Å². The van der Waals surface area contributed by atoms with Crippen LogP contribution in [0.5, 0.6) is 0 Å². The van der Waals surface area contributed by atoms with Crippen LogP contribution in [-0.4, -0.2) is 24.2 Å². The van der Waals surface area contributed by atoms with Crippen molar-refractivity contribution < 1.29 is 13.2 Å². The molecule has 1 aromatic heterocycles. The highest BCUT2D eigenvalue weighted by atomic mass is 35.5. The number of alkyl halides is 4. The number of nitrogens with zero attached hydrogens (tertiary/aromatic N) is 2. The molecule has 1 unspecified atom stereocenters. The number of anilines is 1.